The molecule has 0 aliphatic carbocycles. The highest BCUT2D eigenvalue weighted by Crippen LogP contribution is 2.18. The van der Waals surface area contributed by atoms with E-state index in [-0.39, 0.29) is 28.4 Å². The maximum absolute atomic E-state index is 12.7. The minimum Gasteiger partial charge on any atom is -0.451 e. The molecule has 0 bridgehead atoms. The monoisotopic (exact) mass is 463 g/mol. The van der Waals surface area contributed by atoms with Crippen molar-refractivity contribution >= 4 is 26.9 Å². The molecule has 1 unspecified atom stereocenters. The van der Waals surface area contributed by atoms with Gasteiger partial charge in [0.05, 0.1) is 21.4 Å². The zero-order valence-electron chi connectivity index (χ0n) is 17.7. The SMILES string of the molecule is CC(OC(=O)c1cccc(S(=O)(=O)NCc2ccccc2)c1)c1nc2ccccc2c(=O)[nH]1. The van der Waals surface area contributed by atoms with Gasteiger partial charge in [-0.05, 0) is 42.8 Å². The second-order valence-corrected chi connectivity index (χ2v) is 9.12. The Kier molecular flexibility index (Phi) is 6.34. The zero-order valence-corrected chi connectivity index (χ0v) is 18.5. The van der Waals surface area contributed by atoms with Crippen molar-refractivity contribution in [3.63, 3.8) is 0 Å². The average Bonchev–Trinajstić information content (AvgIpc) is 2.83. The summed E-state index contributed by atoms with van der Waals surface area (Å²) in [6, 6.07) is 21.5. The van der Waals surface area contributed by atoms with Crippen LogP contribution in [0.25, 0.3) is 10.9 Å². The fourth-order valence-electron chi connectivity index (χ4n) is 3.23. The van der Waals surface area contributed by atoms with Crippen LogP contribution in [0.4, 0.5) is 0 Å². The number of carbonyl (C=O) groups is 1. The third kappa shape index (κ3) is 5.16. The number of carbonyl (C=O) groups excluding carboxylic acids is 1. The highest BCUT2D eigenvalue weighted by molar-refractivity contribution is 7.89. The van der Waals surface area contributed by atoms with Crippen molar-refractivity contribution in [2.75, 3.05) is 0 Å². The van der Waals surface area contributed by atoms with Crippen molar-refractivity contribution in [2.45, 2.75) is 24.5 Å². The second kappa shape index (κ2) is 9.35. The molecule has 0 saturated heterocycles. The van der Waals surface area contributed by atoms with Crippen LogP contribution in [0.15, 0.2) is 88.6 Å². The van der Waals surface area contributed by atoms with Gasteiger partial charge in [-0.3, -0.25) is 4.79 Å². The third-order valence-corrected chi connectivity index (χ3v) is 6.39. The van der Waals surface area contributed by atoms with Crippen molar-refractivity contribution in [3.05, 3.63) is 106 Å². The Morgan fingerprint density at radius 3 is 2.55 bits per heavy atom. The van der Waals surface area contributed by atoms with Gasteiger partial charge in [0.1, 0.15) is 0 Å². The van der Waals surface area contributed by atoms with Crippen LogP contribution < -0.4 is 10.3 Å². The average molecular weight is 464 g/mol. The summed E-state index contributed by atoms with van der Waals surface area (Å²) >= 11 is 0. The lowest BCUT2D eigenvalue weighted by Crippen LogP contribution is -2.23. The quantitative estimate of drug-likeness (QED) is 0.406. The summed E-state index contributed by atoms with van der Waals surface area (Å²) in [5, 5.41) is 0.431. The Hall–Kier alpha value is -3.82. The van der Waals surface area contributed by atoms with E-state index in [0.717, 1.165) is 5.56 Å². The third-order valence-electron chi connectivity index (χ3n) is 4.99. The van der Waals surface area contributed by atoms with Gasteiger partial charge in [0.25, 0.3) is 5.56 Å². The van der Waals surface area contributed by atoms with Crippen LogP contribution >= 0.6 is 0 Å². The number of rotatable bonds is 7. The first-order valence-corrected chi connectivity index (χ1v) is 11.7. The molecule has 4 rings (SSSR count). The van der Waals surface area contributed by atoms with Gasteiger partial charge in [-0.2, -0.15) is 0 Å². The minimum absolute atomic E-state index is 0.0576. The largest absolute Gasteiger partial charge is 0.451 e. The van der Waals surface area contributed by atoms with E-state index in [0.29, 0.717) is 10.9 Å². The van der Waals surface area contributed by atoms with Crippen molar-refractivity contribution in [1.29, 1.82) is 0 Å². The number of esters is 1. The van der Waals surface area contributed by atoms with Crippen LogP contribution in [0, 0.1) is 0 Å². The number of aromatic amines is 1. The molecule has 1 aromatic heterocycles. The van der Waals surface area contributed by atoms with Crippen molar-refractivity contribution in [1.82, 2.24) is 14.7 Å². The molecular formula is C24H21N3O5S. The Bertz CT molecular complexity index is 1470. The maximum atomic E-state index is 12.7. The molecule has 1 heterocycles. The van der Waals surface area contributed by atoms with E-state index in [4.69, 9.17) is 4.74 Å². The van der Waals surface area contributed by atoms with E-state index in [2.05, 4.69) is 14.7 Å². The van der Waals surface area contributed by atoms with E-state index in [1.807, 2.05) is 30.3 Å². The van der Waals surface area contributed by atoms with Crippen molar-refractivity contribution < 1.29 is 17.9 Å². The number of benzene rings is 3. The molecule has 0 radical (unpaired) electrons. The molecule has 0 saturated carbocycles. The molecule has 168 valence electrons. The molecule has 33 heavy (non-hydrogen) atoms. The van der Waals surface area contributed by atoms with Crippen LogP contribution in [0.3, 0.4) is 0 Å². The molecule has 3 aromatic carbocycles. The van der Waals surface area contributed by atoms with Crippen LogP contribution in [0.1, 0.15) is 34.8 Å². The van der Waals surface area contributed by atoms with Gasteiger partial charge in [-0.25, -0.2) is 22.9 Å². The smallest absolute Gasteiger partial charge is 0.338 e. The molecule has 2 N–H and O–H groups in total. The van der Waals surface area contributed by atoms with Crippen LogP contribution in [0.5, 0.6) is 0 Å². The standard InChI is InChI=1S/C24H21N3O5S/c1-16(22-26-21-13-6-5-12-20(21)23(28)27-22)32-24(29)18-10-7-11-19(14-18)33(30,31)25-15-17-8-3-2-4-9-17/h2-14,16,25H,15H2,1H3,(H,26,27,28). The number of nitrogens with one attached hydrogen (secondary N) is 2. The number of hydrogen-bond donors (Lipinski definition) is 2. The summed E-state index contributed by atoms with van der Waals surface area (Å²) < 4.78 is 33.3. The molecule has 0 spiro atoms. The number of H-pyrrole nitrogens is 1. The topological polar surface area (TPSA) is 118 Å². The van der Waals surface area contributed by atoms with Gasteiger partial charge in [-0.15, -0.1) is 0 Å². The first-order chi connectivity index (χ1) is 15.8. The van der Waals surface area contributed by atoms with Gasteiger partial charge in [0, 0.05) is 6.54 Å². The fourth-order valence-corrected chi connectivity index (χ4v) is 4.29. The predicted octanol–water partition coefficient (Wildman–Crippen LogP) is 3.32. The Balaban J connectivity index is 1.50. The number of hydrogen-bond acceptors (Lipinski definition) is 6. The molecule has 9 heteroatoms. The summed E-state index contributed by atoms with van der Waals surface area (Å²) in [6.45, 7) is 1.70. The first kappa shape index (κ1) is 22.4. The highest BCUT2D eigenvalue weighted by Gasteiger charge is 2.20. The lowest BCUT2D eigenvalue weighted by atomic mass is 10.2. The lowest BCUT2D eigenvalue weighted by Gasteiger charge is -2.14. The summed E-state index contributed by atoms with van der Waals surface area (Å²) in [5.41, 5.74) is 1.02. The normalized spacial score (nSPS) is 12.4. The molecule has 0 aliphatic rings. The van der Waals surface area contributed by atoms with E-state index in [1.165, 1.54) is 24.3 Å². The number of nitrogens with zero attached hydrogens (tertiary/aromatic N) is 1. The number of ether oxygens (including phenoxy) is 1. The van der Waals surface area contributed by atoms with Crippen LogP contribution in [0.2, 0.25) is 0 Å². The zero-order chi connectivity index (χ0) is 23.4. The molecule has 4 aromatic rings. The Morgan fingerprint density at radius 1 is 1.03 bits per heavy atom. The van der Waals surface area contributed by atoms with E-state index in [9.17, 15) is 18.0 Å². The number of sulfonamides is 1. The van der Waals surface area contributed by atoms with E-state index < -0.39 is 22.1 Å². The molecule has 0 amide bonds. The van der Waals surface area contributed by atoms with Gasteiger partial charge in [0.2, 0.25) is 10.0 Å². The van der Waals surface area contributed by atoms with Crippen LogP contribution in [-0.2, 0) is 21.3 Å². The fraction of sp³-hybridized carbons (Fsp3) is 0.125. The van der Waals surface area contributed by atoms with Crippen LogP contribution in [-0.4, -0.2) is 24.4 Å². The van der Waals surface area contributed by atoms with Gasteiger partial charge < -0.3 is 9.72 Å². The highest BCUT2D eigenvalue weighted by atomic mass is 32.2. The summed E-state index contributed by atoms with van der Waals surface area (Å²) in [4.78, 5) is 31.9. The summed E-state index contributed by atoms with van der Waals surface area (Å²) in [5.74, 6) is -0.543. The molecular weight excluding hydrogens is 442 g/mol. The Labute approximate surface area is 190 Å². The van der Waals surface area contributed by atoms with Crippen molar-refractivity contribution in [2.24, 2.45) is 0 Å². The van der Waals surface area contributed by atoms with Crippen molar-refractivity contribution in [3.8, 4) is 0 Å². The minimum atomic E-state index is -3.84. The molecule has 0 aliphatic heterocycles. The Morgan fingerprint density at radius 2 is 1.76 bits per heavy atom. The molecule has 8 nitrogen and oxygen atoms in total. The first-order valence-electron chi connectivity index (χ1n) is 10.2. The number of aromatic nitrogens is 2. The molecule has 1 atom stereocenters. The summed E-state index contributed by atoms with van der Waals surface area (Å²) in [7, 11) is -3.84. The maximum Gasteiger partial charge on any atom is 0.338 e. The number of para-hydroxylation sites is 1. The van der Waals surface area contributed by atoms with Gasteiger partial charge in [0.15, 0.2) is 11.9 Å². The second-order valence-electron chi connectivity index (χ2n) is 7.35. The lowest BCUT2D eigenvalue weighted by molar-refractivity contribution is 0.0319. The van der Waals surface area contributed by atoms with Gasteiger partial charge >= 0.3 is 5.97 Å². The predicted molar refractivity (Wildman–Crippen MR) is 123 cm³/mol. The van der Waals surface area contributed by atoms with E-state index in [1.54, 1.807) is 31.2 Å². The summed E-state index contributed by atoms with van der Waals surface area (Å²) in [6.07, 6.45) is -0.855. The van der Waals surface area contributed by atoms with Gasteiger partial charge in [-0.1, -0.05) is 48.5 Å². The molecule has 0 fully saturated rings. The number of fused-ring (bicyclic) bond motifs is 1. The van der Waals surface area contributed by atoms with E-state index >= 15 is 0 Å².